The monoisotopic (exact) mass is 271 g/mol. The van der Waals surface area contributed by atoms with Crippen LogP contribution in [-0.4, -0.2) is 30.4 Å². The number of hydrogen-bond acceptors (Lipinski definition) is 7. The highest BCUT2D eigenvalue weighted by Crippen LogP contribution is 2.24. The Kier molecular flexibility index (Phi) is 3.07. The van der Waals surface area contributed by atoms with Crippen LogP contribution >= 0.6 is 11.8 Å². The van der Waals surface area contributed by atoms with Gasteiger partial charge in [0.15, 0.2) is 0 Å². The molecule has 19 heavy (non-hydrogen) atoms. The van der Waals surface area contributed by atoms with Crippen LogP contribution in [0.3, 0.4) is 0 Å². The van der Waals surface area contributed by atoms with E-state index in [1.165, 1.54) is 11.8 Å². The molecule has 1 aromatic carbocycles. The minimum absolute atomic E-state index is 0.381. The molecule has 94 valence electrons. The normalized spacial score (nSPS) is 10.5. The zero-order valence-corrected chi connectivity index (χ0v) is 10.5. The van der Waals surface area contributed by atoms with Gasteiger partial charge in [-0.05, 0) is 46.5 Å². The summed E-state index contributed by atoms with van der Waals surface area (Å²) < 4.78 is 1.64. The van der Waals surface area contributed by atoms with Gasteiger partial charge in [-0.1, -0.05) is 18.2 Å². The predicted octanol–water partition coefficient (Wildman–Crippen LogP) is 1.19. The van der Waals surface area contributed by atoms with Gasteiger partial charge in [0.05, 0.1) is 5.69 Å². The summed E-state index contributed by atoms with van der Waals surface area (Å²) in [6.45, 7) is 0. The number of aromatic nitrogens is 6. The van der Waals surface area contributed by atoms with E-state index >= 15 is 0 Å². The quantitative estimate of drug-likeness (QED) is 0.764. The molecule has 0 aliphatic carbocycles. The summed E-state index contributed by atoms with van der Waals surface area (Å²) >= 11 is 1.32. The Bertz CT molecular complexity index is 665. The molecular formula is C11H9N7S. The average molecular weight is 271 g/mol. The van der Waals surface area contributed by atoms with Gasteiger partial charge in [-0.3, -0.25) is 0 Å². The highest BCUT2D eigenvalue weighted by Gasteiger charge is 2.10. The molecular weight excluding hydrogens is 262 g/mol. The number of tetrazole rings is 1. The topological polar surface area (TPSA) is 95.4 Å². The van der Waals surface area contributed by atoms with Gasteiger partial charge in [-0.25, -0.2) is 0 Å². The summed E-state index contributed by atoms with van der Waals surface area (Å²) in [4.78, 5) is 0. The highest BCUT2D eigenvalue weighted by molar-refractivity contribution is 7.99. The van der Waals surface area contributed by atoms with E-state index in [0.29, 0.717) is 16.0 Å². The minimum Gasteiger partial charge on any atom is -0.382 e. The summed E-state index contributed by atoms with van der Waals surface area (Å²) in [7, 11) is 0. The van der Waals surface area contributed by atoms with E-state index in [-0.39, 0.29) is 0 Å². The summed E-state index contributed by atoms with van der Waals surface area (Å²) in [5, 5.41) is 20.7. The Morgan fingerprint density at radius 3 is 2.53 bits per heavy atom. The van der Waals surface area contributed by atoms with Crippen LogP contribution in [0, 0.1) is 0 Å². The van der Waals surface area contributed by atoms with E-state index in [1.54, 1.807) is 16.8 Å². The second kappa shape index (κ2) is 5.02. The summed E-state index contributed by atoms with van der Waals surface area (Å²) in [6, 6.07) is 13.1. The van der Waals surface area contributed by atoms with Crippen LogP contribution in [0.1, 0.15) is 0 Å². The lowest BCUT2D eigenvalue weighted by Gasteiger charge is -2.02. The molecule has 2 heterocycles. The molecule has 0 unspecified atom stereocenters. The van der Waals surface area contributed by atoms with E-state index in [9.17, 15) is 0 Å². The van der Waals surface area contributed by atoms with Crippen molar-refractivity contribution in [3.05, 3.63) is 42.5 Å². The number of anilines is 1. The maximum Gasteiger partial charge on any atom is 0.220 e. The Balaban J connectivity index is 1.91. The first kappa shape index (κ1) is 11.6. The molecule has 0 bridgehead atoms. The van der Waals surface area contributed by atoms with Crippen molar-refractivity contribution in [1.29, 1.82) is 0 Å². The third-order valence-electron chi connectivity index (χ3n) is 2.30. The molecule has 3 aromatic rings. The maximum atomic E-state index is 5.49. The number of nitrogens with two attached hydrogens (primary N) is 1. The van der Waals surface area contributed by atoms with E-state index in [2.05, 4.69) is 25.7 Å². The fourth-order valence-electron chi connectivity index (χ4n) is 1.45. The van der Waals surface area contributed by atoms with Crippen LogP contribution in [0.5, 0.6) is 0 Å². The maximum absolute atomic E-state index is 5.49. The molecule has 2 aromatic heterocycles. The first-order valence-electron chi connectivity index (χ1n) is 5.44. The molecule has 0 aliphatic heterocycles. The Morgan fingerprint density at radius 1 is 0.947 bits per heavy atom. The molecule has 0 saturated carbocycles. The van der Waals surface area contributed by atoms with Crippen molar-refractivity contribution in [2.24, 2.45) is 0 Å². The van der Waals surface area contributed by atoms with Gasteiger partial charge in [0, 0.05) is 0 Å². The lowest BCUT2D eigenvalue weighted by atomic mass is 10.3. The minimum atomic E-state index is 0.381. The molecule has 2 N–H and O–H groups in total. The molecule has 7 nitrogen and oxygen atoms in total. The Morgan fingerprint density at radius 2 is 1.79 bits per heavy atom. The van der Waals surface area contributed by atoms with E-state index < -0.39 is 0 Å². The first-order valence-corrected chi connectivity index (χ1v) is 6.25. The largest absolute Gasteiger partial charge is 0.382 e. The molecule has 0 spiro atoms. The standard InChI is InChI=1S/C11H9N7S/c12-9-6-7-10(14-13-9)19-11-15-16-17-18(11)8-4-2-1-3-5-8/h1-7H,(H2,12,13). The highest BCUT2D eigenvalue weighted by atomic mass is 32.2. The molecule has 0 saturated heterocycles. The molecule has 0 fully saturated rings. The van der Waals surface area contributed by atoms with Crippen molar-refractivity contribution in [2.45, 2.75) is 10.2 Å². The zero-order valence-electron chi connectivity index (χ0n) is 9.71. The van der Waals surface area contributed by atoms with Crippen molar-refractivity contribution in [2.75, 3.05) is 5.73 Å². The van der Waals surface area contributed by atoms with Crippen molar-refractivity contribution in [3.8, 4) is 5.69 Å². The second-order valence-corrected chi connectivity index (χ2v) is 4.59. The first-order chi connectivity index (χ1) is 9.33. The number of para-hydroxylation sites is 1. The summed E-state index contributed by atoms with van der Waals surface area (Å²) in [5.41, 5.74) is 6.38. The molecule has 0 radical (unpaired) electrons. The molecule has 0 aliphatic rings. The fourth-order valence-corrected chi connectivity index (χ4v) is 2.16. The van der Waals surface area contributed by atoms with Crippen LogP contribution in [0.2, 0.25) is 0 Å². The van der Waals surface area contributed by atoms with Gasteiger partial charge in [0.1, 0.15) is 10.8 Å². The fraction of sp³-hybridized carbons (Fsp3) is 0. The van der Waals surface area contributed by atoms with Crippen LogP contribution in [0.4, 0.5) is 5.82 Å². The van der Waals surface area contributed by atoms with Crippen molar-refractivity contribution in [3.63, 3.8) is 0 Å². The van der Waals surface area contributed by atoms with Crippen LogP contribution in [0.15, 0.2) is 52.6 Å². The number of hydrogen-bond donors (Lipinski definition) is 1. The van der Waals surface area contributed by atoms with Crippen LogP contribution in [0.25, 0.3) is 5.69 Å². The lowest BCUT2D eigenvalue weighted by molar-refractivity contribution is 0.755. The Hall–Kier alpha value is -2.48. The molecule has 3 rings (SSSR count). The number of nitrogen functional groups attached to an aromatic ring is 1. The average Bonchev–Trinajstić information content (AvgIpc) is 2.90. The van der Waals surface area contributed by atoms with Gasteiger partial charge in [-0.2, -0.15) is 4.68 Å². The Labute approximate surface area is 112 Å². The third-order valence-corrected chi connectivity index (χ3v) is 3.16. The molecule has 0 amide bonds. The smallest absolute Gasteiger partial charge is 0.220 e. The van der Waals surface area contributed by atoms with Gasteiger partial charge in [0.25, 0.3) is 0 Å². The SMILES string of the molecule is Nc1ccc(Sc2nnnn2-c2ccccc2)nn1. The van der Waals surface area contributed by atoms with Crippen molar-refractivity contribution >= 4 is 17.6 Å². The number of nitrogens with zero attached hydrogens (tertiary/aromatic N) is 6. The van der Waals surface area contributed by atoms with Gasteiger partial charge in [0.2, 0.25) is 5.16 Å². The summed E-state index contributed by atoms with van der Waals surface area (Å²) in [5.74, 6) is 0.381. The second-order valence-electron chi connectivity index (χ2n) is 3.61. The van der Waals surface area contributed by atoms with Crippen LogP contribution < -0.4 is 5.73 Å². The van der Waals surface area contributed by atoms with E-state index in [4.69, 9.17) is 5.73 Å². The van der Waals surface area contributed by atoms with E-state index in [0.717, 1.165) is 5.69 Å². The van der Waals surface area contributed by atoms with E-state index in [1.807, 2.05) is 30.3 Å². The molecule has 0 atom stereocenters. The zero-order chi connectivity index (χ0) is 13.1. The lowest BCUT2D eigenvalue weighted by Crippen LogP contribution is -1.99. The van der Waals surface area contributed by atoms with Gasteiger partial charge < -0.3 is 5.73 Å². The molecule has 8 heteroatoms. The number of rotatable bonds is 3. The van der Waals surface area contributed by atoms with Gasteiger partial charge in [-0.15, -0.1) is 15.3 Å². The summed E-state index contributed by atoms with van der Waals surface area (Å²) in [6.07, 6.45) is 0. The number of benzene rings is 1. The predicted molar refractivity (Wildman–Crippen MR) is 69.7 cm³/mol. The van der Waals surface area contributed by atoms with Crippen LogP contribution in [-0.2, 0) is 0 Å². The third kappa shape index (κ3) is 2.52. The van der Waals surface area contributed by atoms with Gasteiger partial charge >= 0.3 is 0 Å². The van der Waals surface area contributed by atoms with Crippen molar-refractivity contribution < 1.29 is 0 Å². The van der Waals surface area contributed by atoms with Crippen molar-refractivity contribution in [1.82, 2.24) is 30.4 Å².